The molecule has 2 aromatic rings. The highest BCUT2D eigenvalue weighted by Gasteiger charge is 2.63. The summed E-state index contributed by atoms with van der Waals surface area (Å²) in [6.07, 6.45) is -7.90. The number of carbonyl (C=O) groups is 2. The number of ether oxygens (including phenoxy) is 2. The number of hydrogen-bond acceptors (Lipinski definition) is 12. The molecule has 0 saturated carbocycles. The van der Waals surface area contributed by atoms with Gasteiger partial charge in [0.15, 0.2) is 11.4 Å². The second-order valence-corrected chi connectivity index (χ2v) is 14.2. The normalized spacial score (nSPS) is 18.1. The number of alkyl halides is 6. The Morgan fingerprint density at radius 1 is 0.717 bits per heavy atom. The predicted octanol–water partition coefficient (Wildman–Crippen LogP) is 5.88. The summed E-state index contributed by atoms with van der Waals surface area (Å²) in [6, 6.07) is 1.73. The molecule has 4 heterocycles. The standard InChI is InChI=1S/C12H24B2O4.C9H9BF3NO4.C9H7BrF3NO2.CH4/c1-9(2)10(3,4)16-13(15-9)14-17-11(5,6)12(7,8)18-14;1-2-18-8(15)6-3-5(10(16)17)4-14-7(6)9(11,12)13;1-2-16-8(15)6-3-5(10)4-14-7(6)9(11,12)13;/h1-8H3;3-4,16-17H,2H2,1H3;3-4H,2H2,1H3;1H4. The summed E-state index contributed by atoms with van der Waals surface area (Å²) in [7, 11) is -2.97. The van der Waals surface area contributed by atoms with Crippen LogP contribution in [0.3, 0.4) is 0 Å². The Bertz CT molecular complexity index is 1510. The Kier molecular flexibility index (Phi) is 16.2. The first-order valence-electron chi connectivity index (χ1n) is 15.7. The fraction of sp³-hybridized carbons (Fsp3) is 0.613. The molecule has 2 aliphatic rings. The van der Waals surface area contributed by atoms with Crippen LogP contribution in [0, 0.1) is 0 Å². The van der Waals surface area contributed by atoms with Crippen molar-refractivity contribution in [3.05, 3.63) is 51.5 Å². The Labute approximate surface area is 314 Å². The maximum Gasteiger partial charge on any atom is 0.490 e. The fourth-order valence-electron chi connectivity index (χ4n) is 4.24. The second-order valence-electron chi connectivity index (χ2n) is 13.3. The molecule has 4 rings (SSSR count). The van der Waals surface area contributed by atoms with Gasteiger partial charge in [-0.25, -0.2) is 14.6 Å². The largest absolute Gasteiger partial charge is 0.490 e. The van der Waals surface area contributed by atoms with E-state index in [1.807, 2.05) is 55.4 Å². The minimum atomic E-state index is -4.83. The number of esters is 2. The van der Waals surface area contributed by atoms with Crippen LogP contribution in [0.5, 0.6) is 0 Å². The zero-order chi connectivity index (χ0) is 40.3. The van der Waals surface area contributed by atoms with Crippen molar-refractivity contribution in [1.82, 2.24) is 9.97 Å². The van der Waals surface area contributed by atoms with E-state index in [1.165, 1.54) is 13.8 Å². The predicted molar refractivity (Wildman–Crippen MR) is 187 cm³/mol. The molecule has 12 nitrogen and oxygen atoms in total. The van der Waals surface area contributed by atoms with Gasteiger partial charge in [-0.05, 0) is 97.3 Å². The number of carbonyl (C=O) groups excluding carboxylic acids is 2. The van der Waals surface area contributed by atoms with Crippen LogP contribution >= 0.6 is 15.9 Å². The first kappa shape index (κ1) is 48.3. The molecule has 2 N–H and O–H groups in total. The maximum absolute atomic E-state index is 12.6. The number of pyridine rings is 2. The molecule has 0 atom stereocenters. The molecule has 0 radical (unpaired) electrons. The lowest BCUT2D eigenvalue weighted by atomic mass is 9.49. The van der Waals surface area contributed by atoms with Gasteiger partial charge in [0.2, 0.25) is 0 Å². The topological polar surface area (TPSA) is 156 Å². The molecule has 0 unspecified atom stereocenters. The van der Waals surface area contributed by atoms with Gasteiger partial charge in [-0.3, -0.25) is 4.98 Å². The van der Waals surface area contributed by atoms with Crippen LogP contribution in [0.4, 0.5) is 26.3 Å². The number of rotatable bonds is 6. The van der Waals surface area contributed by atoms with Crippen LogP contribution in [-0.4, -0.2) is 88.7 Å². The molecule has 53 heavy (non-hydrogen) atoms. The van der Waals surface area contributed by atoms with Crippen molar-refractivity contribution in [3.8, 4) is 0 Å². The van der Waals surface area contributed by atoms with Gasteiger partial charge >= 0.3 is 45.4 Å². The summed E-state index contributed by atoms with van der Waals surface area (Å²) >= 11 is 2.94. The zero-order valence-electron chi connectivity index (χ0n) is 30.2. The van der Waals surface area contributed by atoms with E-state index in [1.54, 1.807) is 0 Å². The average Bonchev–Trinajstić information content (AvgIpc) is 3.36. The minimum Gasteiger partial charge on any atom is -0.462 e. The lowest BCUT2D eigenvalue weighted by Crippen LogP contribution is -2.41. The summed E-state index contributed by atoms with van der Waals surface area (Å²) in [5.74, 6) is -2.26. The summed E-state index contributed by atoms with van der Waals surface area (Å²) in [4.78, 5) is 28.9. The lowest BCUT2D eigenvalue weighted by Gasteiger charge is -2.32. The van der Waals surface area contributed by atoms with E-state index in [0.717, 1.165) is 12.3 Å². The molecule has 0 amide bonds. The molecule has 2 saturated heterocycles. The number of nitrogens with zero attached hydrogens (tertiary/aromatic N) is 2. The van der Waals surface area contributed by atoms with Crippen molar-refractivity contribution in [3.63, 3.8) is 0 Å². The van der Waals surface area contributed by atoms with Crippen molar-refractivity contribution < 1.29 is 74.1 Å². The van der Waals surface area contributed by atoms with E-state index in [9.17, 15) is 35.9 Å². The van der Waals surface area contributed by atoms with Crippen LogP contribution in [0.15, 0.2) is 29.0 Å². The third-order valence-electron chi connectivity index (χ3n) is 8.35. The molecule has 0 aromatic carbocycles. The van der Waals surface area contributed by atoms with Crippen LogP contribution < -0.4 is 5.46 Å². The molecule has 0 spiro atoms. The van der Waals surface area contributed by atoms with Crippen molar-refractivity contribution in [2.75, 3.05) is 13.2 Å². The summed E-state index contributed by atoms with van der Waals surface area (Å²) in [5, 5.41) is 17.7. The molecule has 296 valence electrons. The minimum absolute atomic E-state index is 0. The SMILES string of the molecule is C.CC1(C)OB(B2OC(C)(C)C(C)(C)O2)OC1(C)C.CCOC(=O)c1cc(B(O)O)cnc1C(F)(F)F.CCOC(=O)c1cc(Br)cnc1C(F)(F)F. The van der Waals surface area contributed by atoms with Gasteiger partial charge in [-0.1, -0.05) is 7.43 Å². The number of halogens is 7. The van der Waals surface area contributed by atoms with Gasteiger partial charge in [0.1, 0.15) is 0 Å². The molecule has 2 aromatic heterocycles. The molecular formula is C31H44B3BrF6N2O10. The van der Waals surface area contributed by atoms with E-state index in [2.05, 4.69) is 35.4 Å². The van der Waals surface area contributed by atoms with Gasteiger partial charge in [-0.15, -0.1) is 0 Å². The van der Waals surface area contributed by atoms with Crippen molar-refractivity contribution in [2.24, 2.45) is 0 Å². The molecule has 2 fully saturated rings. The Morgan fingerprint density at radius 3 is 1.34 bits per heavy atom. The second kappa shape index (κ2) is 17.8. The first-order chi connectivity index (χ1) is 23.5. The fourth-order valence-corrected chi connectivity index (χ4v) is 4.57. The van der Waals surface area contributed by atoms with Crippen molar-refractivity contribution >= 4 is 54.5 Å². The monoisotopic (exact) mass is 830 g/mol. The maximum atomic E-state index is 12.6. The quantitative estimate of drug-likeness (QED) is 0.203. The molecule has 22 heteroatoms. The molecular weight excluding hydrogens is 787 g/mol. The number of hydrogen-bond donors (Lipinski definition) is 2. The van der Waals surface area contributed by atoms with E-state index >= 15 is 0 Å². The third-order valence-corrected chi connectivity index (χ3v) is 8.79. The Balaban J connectivity index is 0.000000395. The van der Waals surface area contributed by atoms with E-state index < -0.39 is 67.9 Å². The van der Waals surface area contributed by atoms with E-state index in [0.29, 0.717) is 12.3 Å². The summed E-state index contributed by atoms with van der Waals surface area (Å²) in [5.41, 5.74) is -5.88. The van der Waals surface area contributed by atoms with Gasteiger partial charge < -0.3 is 38.1 Å². The average molecular weight is 831 g/mol. The van der Waals surface area contributed by atoms with Crippen LogP contribution in [0.2, 0.25) is 0 Å². The number of aromatic nitrogens is 2. The van der Waals surface area contributed by atoms with E-state index in [4.69, 9.17) is 28.7 Å². The molecule has 0 bridgehead atoms. The van der Waals surface area contributed by atoms with Crippen molar-refractivity contribution in [1.29, 1.82) is 0 Å². The highest BCUT2D eigenvalue weighted by atomic mass is 79.9. The van der Waals surface area contributed by atoms with Crippen LogP contribution in [-0.2, 0) is 40.4 Å². The third kappa shape index (κ3) is 12.1. The lowest BCUT2D eigenvalue weighted by molar-refractivity contribution is -0.142. The Hall–Kier alpha value is -2.75. The van der Waals surface area contributed by atoms with Gasteiger partial charge in [0.25, 0.3) is 0 Å². The zero-order valence-corrected chi connectivity index (χ0v) is 31.7. The van der Waals surface area contributed by atoms with Crippen LogP contribution in [0.1, 0.15) is 109 Å². The summed E-state index contributed by atoms with van der Waals surface area (Å²) in [6.45, 7) is 19.0. The van der Waals surface area contributed by atoms with E-state index in [-0.39, 0.29) is 53.0 Å². The molecule has 0 aliphatic carbocycles. The van der Waals surface area contributed by atoms with Gasteiger partial charge in [0.05, 0.1) is 46.7 Å². The van der Waals surface area contributed by atoms with Gasteiger partial charge in [0, 0.05) is 22.3 Å². The van der Waals surface area contributed by atoms with Crippen molar-refractivity contribution in [2.45, 2.75) is 111 Å². The van der Waals surface area contributed by atoms with Gasteiger partial charge in [-0.2, -0.15) is 26.3 Å². The summed E-state index contributed by atoms with van der Waals surface area (Å²) < 4.78 is 108. The van der Waals surface area contributed by atoms with Crippen LogP contribution in [0.25, 0.3) is 0 Å². The first-order valence-corrected chi connectivity index (χ1v) is 16.5. The molecule has 2 aliphatic heterocycles. The Morgan fingerprint density at radius 2 is 1.04 bits per heavy atom. The highest BCUT2D eigenvalue weighted by molar-refractivity contribution is 9.10. The smallest absolute Gasteiger partial charge is 0.462 e. The highest BCUT2D eigenvalue weighted by Crippen LogP contribution is 2.43.